The molecule has 4 rings (SSSR count). The lowest BCUT2D eigenvalue weighted by molar-refractivity contribution is -0.118. The minimum absolute atomic E-state index is 0.193. The molecule has 0 saturated heterocycles. The minimum atomic E-state index is -0.205. The summed E-state index contributed by atoms with van der Waals surface area (Å²) in [6.07, 6.45) is 11.0. The smallest absolute Gasteiger partial charge is 0.250 e. The van der Waals surface area contributed by atoms with Gasteiger partial charge in [-0.25, -0.2) is 5.43 Å². The second kappa shape index (κ2) is 12.6. The maximum Gasteiger partial charge on any atom is 0.250 e. The van der Waals surface area contributed by atoms with Crippen LogP contribution in [0.25, 0.3) is 17.5 Å². The van der Waals surface area contributed by atoms with Crippen LogP contribution in [0.1, 0.15) is 43.7 Å². The summed E-state index contributed by atoms with van der Waals surface area (Å²) in [6.45, 7) is 0. The minimum Gasteiger partial charge on any atom is -0.496 e. The van der Waals surface area contributed by atoms with E-state index in [1.165, 1.54) is 37.2 Å². The van der Waals surface area contributed by atoms with E-state index in [9.17, 15) is 4.79 Å². The summed E-state index contributed by atoms with van der Waals surface area (Å²) < 4.78 is 7.51. The molecular formula is C26H28ClN5O2S. The largest absolute Gasteiger partial charge is 0.496 e. The number of nitrogens with zero attached hydrogens (tertiary/aromatic N) is 4. The third kappa shape index (κ3) is 6.74. The van der Waals surface area contributed by atoms with Crippen LogP contribution in [-0.4, -0.2) is 39.7 Å². The molecule has 1 fully saturated rings. The first-order valence-electron chi connectivity index (χ1n) is 11.6. The first-order valence-corrected chi connectivity index (χ1v) is 13.0. The summed E-state index contributed by atoms with van der Waals surface area (Å²) >= 11 is 7.45. The Kier molecular flexibility index (Phi) is 8.97. The van der Waals surface area contributed by atoms with Gasteiger partial charge in [0.15, 0.2) is 11.0 Å². The monoisotopic (exact) mass is 509 g/mol. The SMILES string of the molecule is COc1ccccc1/C=C\C=N/NC(=O)CSc1nnc(-c2ccc(Cl)cc2)n1C1CCCCC1. The second-order valence-corrected chi connectivity index (χ2v) is 9.56. The van der Waals surface area contributed by atoms with Gasteiger partial charge in [-0.2, -0.15) is 5.10 Å². The predicted molar refractivity (Wildman–Crippen MR) is 142 cm³/mol. The number of nitrogens with one attached hydrogen (secondary N) is 1. The molecule has 1 aliphatic carbocycles. The molecule has 3 aromatic rings. The van der Waals surface area contributed by atoms with E-state index < -0.39 is 0 Å². The van der Waals surface area contributed by atoms with Gasteiger partial charge in [-0.1, -0.05) is 60.8 Å². The number of ether oxygens (including phenoxy) is 1. The van der Waals surface area contributed by atoms with Gasteiger partial charge in [0, 0.05) is 28.4 Å². The molecule has 1 aromatic heterocycles. The molecule has 0 aliphatic heterocycles. The first-order chi connectivity index (χ1) is 17.2. The number of aromatic nitrogens is 3. The summed E-state index contributed by atoms with van der Waals surface area (Å²) in [5.74, 6) is 1.58. The molecule has 0 atom stereocenters. The van der Waals surface area contributed by atoms with Gasteiger partial charge in [0.2, 0.25) is 0 Å². The van der Waals surface area contributed by atoms with Gasteiger partial charge in [-0.3, -0.25) is 9.36 Å². The average molecular weight is 510 g/mol. The van der Waals surface area contributed by atoms with Crippen LogP contribution in [-0.2, 0) is 4.79 Å². The number of allylic oxidation sites excluding steroid dienone is 1. The van der Waals surface area contributed by atoms with Crippen LogP contribution in [0.3, 0.4) is 0 Å². The zero-order valence-corrected chi connectivity index (χ0v) is 21.1. The summed E-state index contributed by atoms with van der Waals surface area (Å²) in [7, 11) is 1.63. The van der Waals surface area contributed by atoms with E-state index in [-0.39, 0.29) is 11.7 Å². The van der Waals surface area contributed by atoms with E-state index in [2.05, 4.69) is 25.3 Å². The molecule has 0 unspecified atom stereocenters. The maximum absolute atomic E-state index is 12.4. The first kappa shape index (κ1) is 25.0. The van der Waals surface area contributed by atoms with Crippen LogP contribution >= 0.6 is 23.4 Å². The Hall–Kier alpha value is -3.10. The highest BCUT2D eigenvalue weighted by Gasteiger charge is 2.24. The number of methoxy groups -OCH3 is 1. The van der Waals surface area contributed by atoms with Gasteiger partial charge in [-0.15, -0.1) is 10.2 Å². The molecular weight excluding hydrogens is 482 g/mol. The fourth-order valence-electron chi connectivity index (χ4n) is 4.11. The van der Waals surface area contributed by atoms with Gasteiger partial charge < -0.3 is 4.74 Å². The Morgan fingerprint density at radius 3 is 2.71 bits per heavy atom. The van der Waals surface area contributed by atoms with Crippen molar-refractivity contribution in [2.24, 2.45) is 5.10 Å². The average Bonchev–Trinajstić information content (AvgIpc) is 3.32. The molecule has 7 nitrogen and oxygen atoms in total. The van der Waals surface area contributed by atoms with Crippen molar-refractivity contribution in [2.75, 3.05) is 12.9 Å². The van der Waals surface area contributed by atoms with Crippen LogP contribution < -0.4 is 10.2 Å². The van der Waals surface area contributed by atoms with Crippen molar-refractivity contribution in [3.8, 4) is 17.1 Å². The number of carbonyl (C=O) groups is 1. The van der Waals surface area contributed by atoms with E-state index in [4.69, 9.17) is 16.3 Å². The number of thioether (sulfide) groups is 1. The van der Waals surface area contributed by atoms with Crippen molar-refractivity contribution in [3.05, 3.63) is 65.2 Å². The highest BCUT2D eigenvalue weighted by molar-refractivity contribution is 7.99. The van der Waals surface area contributed by atoms with Crippen molar-refractivity contribution in [2.45, 2.75) is 43.3 Å². The molecule has 9 heteroatoms. The lowest BCUT2D eigenvalue weighted by Gasteiger charge is -2.25. The Morgan fingerprint density at radius 2 is 1.94 bits per heavy atom. The van der Waals surface area contributed by atoms with Crippen molar-refractivity contribution >= 4 is 41.6 Å². The van der Waals surface area contributed by atoms with Gasteiger partial charge in [0.05, 0.1) is 12.9 Å². The number of hydrazone groups is 1. The Bertz CT molecular complexity index is 1190. The number of hydrogen-bond acceptors (Lipinski definition) is 6. The molecule has 1 heterocycles. The number of halogens is 1. The number of amides is 1. The number of hydrogen-bond donors (Lipinski definition) is 1. The topological polar surface area (TPSA) is 81.4 Å². The number of benzene rings is 2. The molecule has 182 valence electrons. The number of carbonyl (C=O) groups excluding carboxylic acids is 1. The number of para-hydroxylation sites is 1. The Morgan fingerprint density at radius 1 is 1.17 bits per heavy atom. The van der Waals surface area contributed by atoms with E-state index in [1.54, 1.807) is 13.2 Å². The van der Waals surface area contributed by atoms with Crippen LogP contribution in [0.5, 0.6) is 5.75 Å². The highest BCUT2D eigenvalue weighted by atomic mass is 35.5. The van der Waals surface area contributed by atoms with E-state index in [1.807, 2.05) is 54.6 Å². The van der Waals surface area contributed by atoms with Crippen LogP contribution in [0.2, 0.25) is 5.02 Å². The molecule has 0 spiro atoms. The standard InChI is InChI=1S/C26H28ClN5O2S/c1-34-23-12-6-5-8-19(23)9-7-17-28-29-24(33)18-35-26-31-30-25(20-13-15-21(27)16-14-20)32(26)22-10-3-2-4-11-22/h5-9,12-17,22H,2-4,10-11,18H2,1H3,(H,29,33)/b9-7-,28-17-. The van der Waals surface area contributed by atoms with E-state index in [0.717, 1.165) is 40.7 Å². The summed E-state index contributed by atoms with van der Waals surface area (Å²) in [4.78, 5) is 12.4. The molecule has 1 N–H and O–H groups in total. The van der Waals surface area contributed by atoms with Crippen molar-refractivity contribution in [1.82, 2.24) is 20.2 Å². The Labute approximate surface area is 214 Å². The summed E-state index contributed by atoms with van der Waals surface area (Å²) in [6, 6.07) is 15.6. The number of rotatable bonds is 9. The molecule has 1 aliphatic rings. The fraction of sp³-hybridized carbons (Fsp3) is 0.308. The Balaban J connectivity index is 1.38. The van der Waals surface area contributed by atoms with Gasteiger partial charge >= 0.3 is 0 Å². The normalized spacial score (nSPS) is 14.6. The lowest BCUT2D eigenvalue weighted by Crippen LogP contribution is -2.20. The molecule has 0 bridgehead atoms. The second-order valence-electron chi connectivity index (χ2n) is 8.18. The van der Waals surface area contributed by atoms with Crippen molar-refractivity contribution in [1.29, 1.82) is 0 Å². The van der Waals surface area contributed by atoms with Crippen LogP contribution in [0.15, 0.2) is 64.9 Å². The molecule has 0 radical (unpaired) electrons. The van der Waals surface area contributed by atoms with Gasteiger partial charge in [0.1, 0.15) is 5.75 Å². The lowest BCUT2D eigenvalue weighted by atomic mass is 9.95. The maximum atomic E-state index is 12.4. The zero-order valence-electron chi connectivity index (χ0n) is 19.6. The third-order valence-electron chi connectivity index (χ3n) is 5.80. The van der Waals surface area contributed by atoms with Gasteiger partial charge in [-0.05, 0) is 55.3 Å². The summed E-state index contributed by atoms with van der Waals surface area (Å²) in [5, 5.41) is 14.3. The predicted octanol–water partition coefficient (Wildman–Crippen LogP) is 6.02. The fourth-order valence-corrected chi connectivity index (χ4v) is 5.03. The van der Waals surface area contributed by atoms with Gasteiger partial charge in [0.25, 0.3) is 5.91 Å². The van der Waals surface area contributed by atoms with Crippen LogP contribution in [0.4, 0.5) is 0 Å². The zero-order chi connectivity index (χ0) is 24.5. The van der Waals surface area contributed by atoms with Crippen LogP contribution in [0, 0.1) is 0 Å². The molecule has 1 amide bonds. The molecule has 2 aromatic carbocycles. The van der Waals surface area contributed by atoms with Crippen molar-refractivity contribution < 1.29 is 9.53 Å². The van der Waals surface area contributed by atoms with E-state index in [0.29, 0.717) is 11.1 Å². The quantitative estimate of drug-likeness (QED) is 0.217. The summed E-state index contributed by atoms with van der Waals surface area (Å²) in [5.41, 5.74) is 4.47. The van der Waals surface area contributed by atoms with Crippen molar-refractivity contribution in [3.63, 3.8) is 0 Å². The molecule has 35 heavy (non-hydrogen) atoms. The molecule has 1 saturated carbocycles. The highest BCUT2D eigenvalue weighted by Crippen LogP contribution is 2.35. The van der Waals surface area contributed by atoms with E-state index >= 15 is 0 Å². The third-order valence-corrected chi connectivity index (χ3v) is 7.00.